The summed E-state index contributed by atoms with van der Waals surface area (Å²) in [5, 5.41) is 11.0. The van der Waals surface area contributed by atoms with Crippen molar-refractivity contribution < 1.29 is 17.9 Å². The van der Waals surface area contributed by atoms with Gasteiger partial charge in [0.25, 0.3) is 0 Å². The van der Waals surface area contributed by atoms with Crippen molar-refractivity contribution in [2.45, 2.75) is 25.1 Å². The van der Waals surface area contributed by atoms with Crippen molar-refractivity contribution in [2.75, 3.05) is 6.61 Å². The van der Waals surface area contributed by atoms with Crippen molar-refractivity contribution in [3.8, 4) is 0 Å². The van der Waals surface area contributed by atoms with E-state index in [4.69, 9.17) is 17.0 Å². The van der Waals surface area contributed by atoms with Gasteiger partial charge < -0.3 is 4.74 Å². The lowest BCUT2D eigenvalue weighted by Crippen LogP contribution is -2.06. The number of nitrogens with one attached hydrogen (secondary N) is 1. The second kappa shape index (κ2) is 6.25. The summed E-state index contributed by atoms with van der Waals surface area (Å²) >= 11 is 5.12. The lowest BCUT2D eigenvalue weighted by Gasteiger charge is -2.07. The fraction of sp³-hybridized carbons (Fsp3) is 0.357. The van der Waals surface area contributed by atoms with E-state index >= 15 is 0 Å². The summed E-state index contributed by atoms with van der Waals surface area (Å²) in [6, 6.07) is 4.72. The Bertz CT molecular complexity index is 758. The van der Waals surface area contributed by atoms with Gasteiger partial charge in [-0.1, -0.05) is 12.1 Å². The second-order valence-electron chi connectivity index (χ2n) is 5.06. The first-order valence-corrected chi connectivity index (χ1v) is 7.36. The van der Waals surface area contributed by atoms with Gasteiger partial charge >= 0.3 is 6.18 Å². The highest BCUT2D eigenvalue weighted by Gasteiger charge is 2.29. The third-order valence-electron chi connectivity index (χ3n) is 3.45. The fourth-order valence-corrected chi connectivity index (χ4v) is 2.47. The van der Waals surface area contributed by atoms with Gasteiger partial charge in [-0.25, -0.2) is 0 Å². The van der Waals surface area contributed by atoms with E-state index in [9.17, 15) is 13.2 Å². The first kappa shape index (κ1) is 15.9. The lowest BCUT2D eigenvalue weighted by molar-refractivity contribution is -0.137. The zero-order valence-corrected chi connectivity index (χ0v) is 12.7. The standard InChI is InChI=1S/C14H13F3N4OS/c15-14(16,17)10-5-3-9(4-6-10)8-18-21-12(19-20-13(21)23)11-2-1-7-22-11/h3-6,8,11H,1-2,7H2,(H,20,23)/b18-8-. The van der Waals surface area contributed by atoms with E-state index in [1.807, 2.05) is 0 Å². The number of halogens is 3. The van der Waals surface area contributed by atoms with Crippen LogP contribution in [0.1, 0.15) is 35.9 Å². The maximum Gasteiger partial charge on any atom is 0.416 e. The van der Waals surface area contributed by atoms with Crippen LogP contribution < -0.4 is 0 Å². The summed E-state index contributed by atoms with van der Waals surface area (Å²) < 4.78 is 44.9. The number of rotatable bonds is 3. The molecule has 1 aromatic carbocycles. The molecule has 1 N–H and O–H groups in total. The molecule has 2 heterocycles. The summed E-state index contributed by atoms with van der Waals surface area (Å²) in [5.74, 6) is 0.565. The highest BCUT2D eigenvalue weighted by Crippen LogP contribution is 2.29. The van der Waals surface area contributed by atoms with Crippen molar-refractivity contribution in [1.82, 2.24) is 14.9 Å². The lowest BCUT2D eigenvalue weighted by atomic mass is 10.1. The third kappa shape index (κ3) is 3.50. The molecule has 122 valence electrons. The van der Waals surface area contributed by atoms with E-state index in [2.05, 4.69) is 15.3 Å². The summed E-state index contributed by atoms with van der Waals surface area (Å²) in [6.45, 7) is 0.660. The number of H-pyrrole nitrogens is 1. The van der Waals surface area contributed by atoms with Gasteiger partial charge in [0.1, 0.15) is 6.10 Å². The van der Waals surface area contributed by atoms with Crippen LogP contribution in [0.15, 0.2) is 29.4 Å². The predicted molar refractivity (Wildman–Crippen MR) is 79.8 cm³/mol. The molecule has 1 aliphatic rings. The number of hydrogen-bond acceptors (Lipinski definition) is 4. The zero-order valence-electron chi connectivity index (χ0n) is 11.9. The van der Waals surface area contributed by atoms with Gasteiger partial charge in [-0.3, -0.25) is 5.10 Å². The van der Waals surface area contributed by atoms with Crippen LogP contribution in [-0.2, 0) is 10.9 Å². The fourth-order valence-electron chi connectivity index (χ4n) is 2.29. The average Bonchev–Trinajstić information content (AvgIpc) is 3.14. The maximum absolute atomic E-state index is 12.5. The summed E-state index contributed by atoms with van der Waals surface area (Å²) in [7, 11) is 0. The molecule has 1 saturated heterocycles. The third-order valence-corrected chi connectivity index (χ3v) is 3.72. The molecule has 0 saturated carbocycles. The van der Waals surface area contributed by atoms with Gasteiger partial charge in [-0.05, 0) is 42.8 Å². The Labute approximate surface area is 134 Å². The van der Waals surface area contributed by atoms with Gasteiger partial charge in [0.2, 0.25) is 4.77 Å². The number of benzene rings is 1. The van der Waals surface area contributed by atoms with Crippen LogP contribution in [-0.4, -0.2) is 27.7 Å². The summed E-state index contributed by atoms with van der Waals surface area (Å²) in [4.78, 5) is 0. The van der Waals surface area contributed by atoms with E-state index in [1.165, 1.54) is 23.0 Å². The number of hydrogen-bond donors (Lipinski definition) is 1. The Balaban J connectivity index is 1.83. The Morgan fingerprint density at radius 1 is 1.35 bits per heavy atom. The molecule has 23 heavy (non-hydrogen) atoms. The molecule has 1 atom stereocenters. The minimum absolute atomic E-state index is 0.173. The largest absolute Gasteiger partial charge is 0.416 e. The van der Waals surface area contributed by atoms with Crippen molar-refractivity contribution in [2.24, 2.45) is 5.10 Å². The van der Waals surface area contributed by atoms with E-state index in [0.29, 0.717) is 22.8 Å². The van der Waals surface area contributed by atoms with Gasteiger partial charge in [0.05, 0.1) is 11.8 Å². The smallest absolute Gasteiger partial charge is 0.370 e. The Hall–Kier alpha value is -2.00. The number of alkyl halides is 3. The van der Waals surface area contributed by atoms with Crippen molar-refractivity contribution in [1.29, 1.82) is 0 Å². The van der Waals surface area contributed by atoms with Crippen LogP contribution in [0.5, 0.6) is 0 Å². The number of aromatic nitrogens is 3. The van der Waals surface area contributed by atoms with E-state index in [-0.39, 0.29) is 6.10 Å². The molecule has 1 aromatic heterocycles. The van der Waals surface area contributed by atoms with Crippen LogP contribution in [0.4, 0.5) is 13.2 Å². The molecule has 3 rings (SSSR count). The molecule has 2 aromatic rings. The first-order valence-electron chi connectivity index (χ1n) is 6.96. The summed E-state index contributed by atoms with van der Waals surface area (Å²) in [5.41, 5.74) is -0.172. The second-order valence-corrected chi connectivity index (χ2v) is 5.45. The van der Waals surface area contributed by atoms with Gasteiger partial charge in [-0.15, -0.1) is 0 Å². The quantitative estimate of drug-likeness (QED) is 0.684. The molecule has 1 fully saturated rings. The van der Waals surface area contributed by atoms with E-state index < -0.39 is 11.7 Å². The normalized spacial score (nSPS) is 18.8. The molecule has 0 spiro atoms. The molecule has 1 aliphatic heterocycles. The molecular weight excluding hydrogens is 329 g/mol. The molecule has 0 bridgehead atoms. The molecule has 0 amide bonds. The zero-order chi connectivity index (χ0) is 16.4. The molecule has 0 radical (unpaired) electrons. The summed E-state index contributed by atoms with van der Waals surface area (Å²) in [6.07, 6.45) is -1.32. The number of ether oxygens (including phenoxy) is 1. The first-order chi connectivity index (χ1) is 10.9. The Morgan fingerprint density at radius 2 is 2.09 bits per heavy atom. The monoisotopic (exact) mass is 342 g/mol. The number of nitrogens with zero attached hydrogens (tertiary/aromatic N) is 3. The molecule has 5 nitrogen and oxygen atoms in total. The van der Waals surface area contributed by atoms with Crippen LogP contribution in [0.2, 0.25) is 0 Å². The highest BCUT2D eigenvalue weighted by molar-refractivity contribution is 7.71. The molecule has 9 heteroatoms. The SMILES string of the molecule is FC(F)(F)c1ccc(/C=N\n2c(C3CCCO3)n[nH]c2=S)cc1. The predicted octanol–water partition coefficient (Wildman–Crippen LogP) is 3.69. The molecule has 0 aliphatic carbocycles. The minimum atomic E-state index is -4.35. The van der Waals surface area contributed by atoms with Crippen LogP contribution in [0.25, 0.3) is 0 Å². The molecular formula is C14H13F3N4OS. The number of aromatic amines is 1. The van der Waals surface area contributed by atoms with E-state index in [0.717, 1.165) is 25.0 Å². The Kier molecular flexibility index (Phi) is 4.31. The van der Waals surface area contributed by atoms with Crippen LogP contribution in [0, 0.1) is 4.77 Å². The topological polar surface area (TPSA) is 55.2 Å². The van der Waals surface area contributed by atoms with Crippen molar-refractivity contribution in [3.63, 3.8) is 0 Å². The Morgan fingerprint density at radius 3 is 2.70 bits per heavy atom. The van der Waals surface area contributed by atoms with Gasteiger partial charge in [0, 0.05) is 6.61 Å². The van der Waals surface area contributed by atoms with Crippen LogP contribution in [0.3, 0.4) is 0 Å². The minimum Gasteiger partial charge on any atom is -0.370 e. The van der Waals surface area contributed by atoms with Crippen LogP contribution >= 0.6 is 12.2 Å². The highest BCUT2D eigenvalue weighted by atomic mass is 32.1. The average molecular weight is 342 g/mol. The molecule has 1 unspecified atom stereocenters. The van der Waals surface area contributed by atoms with Gasteiger partial charge in [0.15, 0.2) is 5.82 Å². The van der Waals surface area contributed by atoms with Gasteiger partial charge in [-0.2, -0.15) is 28.0 Å². The maximum atomic E-state index is 12.5. The van der Waals surface area contributed by atoms with Crippen molar-refractivity contribution in [3.05, 3.63) is 46.0 Å². The van der Waals surface area contributed by atoms with E-state index in [1.54, 1.807) is 0 Å². The van der Waals surface area contributed by atoms with Crippen molar-refractivity contribution >= 4 is 18.4 Å².